The van der Waals surface area contributed by atoms with Gasteiger partial charge in [0.15, 0.2) is 0 Å². The van der Waals surface area contributed by atoms with Gasteiger partial charge in [0.05, 0.1) is 10.9 Å². The van der Waals surface area contributed by atoms with Gasteiger partial charge in [0.2, 0.25) is 10.0 Å². The first-order chi connectivity index (χ1) is 9.32. The van der Waals surface area contributed by atoms with Crippen LogP contribution < -0.4 is 5.14 Å². The number of primary sulfonamides is 1. The molecule has 2 rings (SSSR count). The van der Waals surface area contributed by atoms with Crippen LogP contribution in [-0.2, 0) is 23.5 Å². The van der Waals surface area contributed by atoms with Gasteiger partial charge in [-0.25, -0.2) is 13.6 Å². The zero-order valence-electron chi connectivity index (χ0n) is 11.7. The molecule has 0 saturated carbocycles. The van der Waals surface area contributed by atoms with E-state index in [0.717, 1.165) is 12.1 Å². The van der Waals surface area contributed by atoms with Crippen LogP contribution in [0.5, 0.6) is 0 Å². The Kier molecular flexibility index (Phi) is 4.14. The molecule has 0 spiro atoms. The van der Waals surface area contributed by atoms with Gasteiger partial charge in [0.1, 0.15) is 5.69 Å². The minimum atomic E-state index is -3.60. The molecule has 1 saturated heterocycles. The quantitative estimate of drug-likeness (QED) is 0.841. The summed E-state index contributed by atoms with van der Waals surface area (Å²) in [4.78, 5) is 14.0. The number of carbonyl (C=O) groups excluding carboxylic acids is 1. The predicted octanol–water partition coefficient (Wildman–Crippen LogP) is -0.124. The third kappa shape index (κ3) is 3.01. The lowest BCUT2D eigenvalue weighted by Gasteiger charge is -2.31. The summed E-state index contributed by atoms with van der Waals surface area (Å²) in [7, 11) is -1.88. The first-order valence-corrected chi connectivity index (χ1v) is 8.27. The topological polar surface area (TPSA) is 98.3 Å². The molecule has 1 aliphatic rings. The van der Waals surface area contributed by atoms with Crippen LogP contribution in [0.3, 0.4) is 0 Å². The van der Waals surface area contributed by atoms with E-state index in [1.165, 1.54) is 0 Å². The van der Waals surface area contributed by atoms with E-state index >= 15 is 0 Å². The lowest BCUT2D eigenvalue weighted by Crippen LogP contribution is -2.47. The number of nitrogens with two attached hydrogens (primary N) is 1. The SMILES string of the molecule is CCc1cc(C(=O)N2CCCC(S(N)(=O)=O)C2)n(C)n1. The monoisotopic (exact) mass is 300 g/mol. The molecule has 1 aromatic heterocycles. The summed E-state index contributed by atoms with van der Waals surface area (Å²) in [5, 5.41) is 8.76. The molecule has 0 aromatic carbocycles. The van der Waals surface area contributed by atoms with Gasteiger partial charge >= 0.3 is 0 Å². The highest BCUT2D eigenvalue weighted by molar-refractivity contribution is 7.89. The molecular weight excluding hydrogens is 280 g/mol. The third-order valence-corrected chi connectivity index (χ3v) is 4.96. The van der Waals surface area contributed by atoms with E-state index in [1.54, 1.807) is 22.7 Å². The summed E-state index contributed by atoms with van der Waals surface area (Å²) in [6.07, 6.45) is 1.90. The van der Waals surface area contributed by atoms with Crippen molar-refractivity contribution in [2.45, 2.75) is 31.4 Å². The molecule has 1 aromatic rings. The zero-order valence-corrected chi connectivity index (χ0v) is 12.6. The first-order valence-electron chi connectivity index (χ1n) is 6.66. The summed E-state index contributed by atoms with van der Waals surface area (Å²) in [5.74, 6) is -0.187. The second-order valence-electron chi connectivity index (χ2n) is 5.10. The van der Waals surface area contributed by atoms with Crippen LogP contribution in [0.25, 0.3) is 0 Å². The average molecular weight is 300 g/mol. The molecule has 1 unspecified atom stereocenters. The molecule has 1 amide bonds. The van der Waals surface area contributed by atoms with Gasteiger partial charge in [-0.2, -0.15) is 5.10 Å². The molecule has 2 heterocycles. The number of carbonyl (C=O) groups is 1. The Morgan fingerprint density at radius 3 is 2.80 bits per heavy atom. The van der Waals surface area contributed by atoms with Gasteiger partial charge in [0, 0.05) is 20.1 Å². The number of aryl methyl sites for hydroxylation is 2. The second-order valence-corrected chi connectivity index (χ2v) is 6.95. The van der Waals surface area contributed by atoms with E-state index in [2.05, 4.69) is 5.10 Å². The number of rotatable bonds is 3. The zero-order chi connectivity index (χ0) is 14.9. The summed E-state index contributed by atoms with van der Waals surface area (Å²) in [6.45, 7) is 2.68. The molecule has 0 radical (unpaired) electrons. The van der Waals surface area contributed by atoms with Crippen LogP contribution in [0.15, 0.2) is 6.07 Å². The fraction of sp³-hybridized carbons (Fsp3) is 0.667. The average Bonchev–Trinajstić information content (AvgIpc) is 2.78. The number of nitrogens with zero attached hydrogens (tertiary/aromatic N) is 3. The van der Waals surface area contributed by atoms with Crippen LogP contribution in [0.1, 0.15) is 35.9 Å². The Bertz CT molecular complexity index is 608. The molecule has 0 bridgehead atoms. The highest BCUT2D eigenvalue weighted by Crippen LogP contribution is 2.18. The molecular formula is C12H20N4O3S. The van der Waals surface area contributed by atoms with Crippen molar-refractivity contribution in [1.29, 1.82) is 0 Å². The molecule has 1 atom stereocenters. The summed E-state index contributed by atoms with van der Waals surface area (Å²) in [6, 6.07) is 1.75. The van der Waals surface area contributed by atoms with Gasteiger partial charge in [-0.1, -0.05) is 6.92 Å². The van der Waals surface area contributed by atoms with E-state index in [-0.39, 0.29) is 12.5 Å². The van der Waals surface area contributed by atoms with Crippen molar-refractivity contribution in [2.24, 2.45) is 12.2 Å². The normalized spacial score (nSPS) is 20.1. The molecule has 1 fully saturated rings. The van der Waals surface area contributed by atoms with Crippen LogP contribution in [-0.4, -0.2) is 47.3 Å². The fourth-order valence-electron chi connectivity index (χ4n) is 2.45. The Balaban J connectivity index is 2.18. The van der Waals surface area contributed by atoms with Crippen LogP contribution in [0.2, 0.25) is 0 Å². The smallest absolute Gasteiger partial charge is 0.272 e. The molecule has 1 aliphatic heterocycles. The van der Waals surface area contributed by atoms with Crippen molar-refractivity contribution >= 4 is 15.9 Å². The van der Waals surface area contributed by atoms with E-state index < -0.39 is 15.3 Å². The van der Waals surface area contributed by atoms with E-state index in [0.29, 0.717) is 25.1 Å². The van der Waals surface area contributed by atoms with Gasteiger partial charge in [0.25, 0.3) is 5.91 Å². The van der Waals surface area contributed by atoms with Crippen molar-refractivity contribution in [3.8, 4) is 0 Å². The van der Waals surface area contributed by atoms with Crippen molar-refractivity contribution in [1.82, 2.24) is 14.7 Å². The lowest BCUT2D eigenvalue weighted by molar-refractivity contribution is 0.0716. The van der Waals surface area contributed by atoms with Crippen molar-refractivity contribution in [2.75, 3.05) is 13.1 Å². The minimum Gasteiger partial charge on any atom is -0.336 e. The van der Waals surface area contributed by atoms with Gasteiger partial charge in [-0.3, -0.25) is 9.48 Å². The number of amides is 1. The largest absolute Gasteiger partial charge is 0.336 e. The lowest BCUT2D eigenvalue weighted by atomic mass is 10.1. The van der Waals surface area contributed by atoms with E-state index in [4.69, 9.17) is 5.14 Å². The van der Waals surface area contributed by atoms with Crippen molar-refractivity contribution < 1.29 is 13.2 Å². The Morgan fingerprint density at radius 1 is 1.55 bits per heavy atom. The standard InChI is InChI=1S/C12H20N4O3S/c1-3-9-7-11(15(2)14-9)12(17)16-6-4-5-10(8-16)20(13,18)19/h7,10H,3-6,8H2,1-2H3,(H2,13,18,19). The van der Waals surface area contributed by atoms with Crippen LogP contribution in [0, 0.1) is 0 Å². The maximum Gasteiger partial charge on any atom is 0.272 e. The predicted molar refractivity (Wildman–Crippen MR) is 74.6 cm³/mol. The van der Waals surface area contributed by atoms with Crippen LogP contribution in [0.4, 0.5) is 0 Å². The highest BCUT2D eigenvalue weighted by Gasteiger charge is 2.31. The van der Waals surface area contributed by atoms with E-state index in [9.17, 15) is 13.2 Å². The number of aromatic nitrogens is 2. The molecule has 2 N–H and O–H groups in total. The Labute approximate surface area is 118 Å². The van der Waals surface area contributed by atoms with Crippen molar-refractivity contribution in [3.05, 3.63) is 17.5 Å². The maximum atomic E-state index is 12.5. The van der Waals surface area contributed by atoms with Crippen molar-refractivity contribution in [3.63, 3.8) is 0 Å². The van der Waals surface area contributed by atoms with Crippen LogP contribution >= 0.6 is 0 Å². The number of piperidine rings is 1. The third-order valence-electron chi connectivity index (χ3n) is 3.64. The molecule has 20 heavy (non-hydrogen) atoms. The summed E-state index contributed by atoms with van der Waals surface area (Å²) >= 11 is 0. The molecule has 8 heteroatoms. The Hall–Kier alpha value is -1.41. The highest BCUT2D eigenvalue weighted by atomic mass is 32.2. The summed E-state index contributed by atoms with van der Waals surface area (Å²) < 4.78 is 24.4. The number of likely N-dealkylation sites (tertiary alicyclic amines) is 1. The first kappa shape index (κ1) is 15.0. The second kappa shape index (κ2) is 5.53. The molecule has 112 valence electrons. The van der Waals surface area contributed by atoms with Gasteiger partial charge < -0.3 is 4.90 Å². The number of hydrogen-bond donors (Lipinski definition) is 1. The molecule has 0 aliphatic carbocycles. The molecule has 7 nitrogen and oxygen atoms in total. The fourth-order valence-corrected chi connectivity index (χ4v) is 3.34. The number of hydrogen-bond acceptors (Lipinski definition) is 4. The Morgan fingerprint density at radius 2 is 2.25 bits per heavy atom. The van der Waals surface area contributed by atoms with E-state index in [1.807, 2.05) is 6.92 Å². The van der Waals surface area contributed by atoms with Gasteiger partial charge in [-0.05, 0) is 25.3 Å². The maximum absolute atomic E-state index is 12.5. The van der Waals surface area contributed by atoms with Gasteiger partial charge in [-0.15, -0.1) is 0 Å². The number of sulfonamides is 1. The minimum absolute atomic E-state index is 0.157. The summed E-state index contributed by atoms with van der Waals surface area (Å²) in [5.41, 5.74) is 1.33.